The molecule has 0 aliphatic carbocycles. The fourth-order valence-corrected chi connectivity index (χ4v) is 1.06. The Morgan fingerprint density at radius 2 is 1.38 bits per heavy atom. The average Bonchev–Trinajstić information content (AvgIpc) is 2.33. The summed E-state index contributed by atoms with van der Waals surface area (Å²) in [6.45, 7) is 0. The third-order valence-electron chi connectivity index (χ3n) is 1.79. The zero-order valence-electron chi connectivity index (χ0n) is 8.93. The van der Waals surface area contributed by atoms with Crippen molar-refractivity contribution in [2.45, 2.75) is 0 Å². The molecule has 0 radical (unpaired) electrons. The molecular weight excluding hydrogens is 196 g/mol. The normalized spacial score (nSPS) is 8.19. The molecule has 0 amide bonds. The van der Waals surface area contributed by atoms with Crippen molar-refractivity contribution in [2.24, 2.45) is 0 Å². The van der Waals surface area contributed by atoms with E-state index in [4.69, 9.17) is 12.2 Å². The molecule has 0 aliphatic heterocycles. The molecule has 2 aromatic carbocycles. The molecule has 2 nitrogen and oxygen atoms in total. The topological polar surface area (TPSA) is 38.0 Å². The second-order valence-electron chi connectivity index (χ2n) is 3.05. The Balaban J connectivity index is 0.000000165. The van der Waals surface area contributed by atoms with Crippen LogP contribution in [0.3, 0.4) is 0 Å². The van der Waals surface area contributed by atoms with E-state index in [1.807, 2.05) is 60.7 Å². The van der Waals surface area contributed by atoms with Crippen LogP contribution in [0.5, 0.6) is 0 Å². The molecule has 0 aliphatic rings. The Labute approximate surface area is 96.1 Å². The van der Waals surface area contributed by atoms with Gasteiger partial charge in [-0.15, -0.1) is 0 Å². The third kappa shape index (κ3) is 4.73. The molecule has 0 saturated carbocycles. The second-order valence-corrected chi connectivity index (χ2v) is 3.05. The molecule has 0 bridgehead atoms. The van der Waals surface area contributed by atoms with Crippen LogP contribution < -0.4 is 11.1 Å². The van der Waals surface area contributed by atoms with Crippen LogP contribution in [0.4, 0.5) is 11.4 Å². The first-order valence-electron chi connectivity index (χ1n) is 4.90. The molecule has 0 atom stereocenters. The zero-order chi connectivity index (χ0) is 11.6. The van der Waals surface area contributed by atoms with E-state index in [0.717, 1.165) is 11.4 Å². The Kier molecular flexibility index (Phi) is 5.08. The molecule has 0 unspecified atom stereocenters. The highest BCUT2D eigenvalue weighted by Gasteiger charge is 1.80. The summed E-state index contributed by atoms with van der Waals surface area (Å²) >= 11 is 0. The lowest BCUT2D eigenvalue weighted by Gasteiger charge is -1.93. The van der Waals surface area contributed by atoms with Gasteiger partial charge < -0.3 is 11.1 Å². The summed E-state index contributed by atoms with van der Waals surface area (Å²) in [5.41, 5.74) is 7.14. The quantitative estimate of drug-likeness (QED) is 0.431. The van der Waals surface area contributed by atoms with Crippen molar-refractivity contribution in [3.63, 3.8) is 0 Å². The monoisotopic (exact) mass is 210 g/mol. The maximum Gasteiger partial charge on any atom is 0.0459 e. The summed E-state index contributed by atoms with van der Waals surface area (Å²) < 4.78 is 0. The molecule has 0 saturated heterocycles. The van der Waals surface area contributed by atoms with Crippen LogP contribution in [0.2, 0.25) is 0 Å². The number of hydrogen-bond donors (Lipinski definition) is 2. The fourth-order valence-electron chi connectivity index (χ4n) is 1.06. The molecule has 2 aromatic rings. The summed E-state index contributed by atoms with van der Waals surface area (Å²) in [7, 11) is 0. The number of para-hydroxylation sites is 2. The molecule has 2 heteroatoms. The van der Waals surface area contributed by atoms with Crippen LogP contribution in [0.1, 0.15) is 0 Å². The molecule has 16 heavy (non-hydrogen) atoms. The molecule has 3 N–H and O–H groups in total. The number of nitrogens with two attached hydrogens (primary N) is 1. The third-order valence-corrected chi connectivity index (χ3v) is 1.79. The van der Waals surface area contributed by atoms with Crippen LogP contribution in [0, 0.1) is 12.5 Å². The predicted molar refractivity (Wildman–Crippen MR) is 69.8 cm³/mol. The van der Waals surface area contributed by atoms with Crippen molar-refractivity contribution in [1.82, 2.24) is 0 Å². The Morgan fingerprint density at radius 1 is 0.875 bits per heavy atom. The van der Waals surface area contributed by atoms with E-state index < -0.39 is 0 Å². The zero-order valence-corrected chi connectivity index (χ0v) is 8.93. The lowest BCUT2D eigenvalue weighted by Crippen LogP contribution is -1.83. The minimum atomic E-state index is 0.822. The first-order chi connectivity index (χ1) is 7.83. The van der Waals surface area contributed by atoms with Gasteiger partial charge in [0.05, 0.1) is 0 Å². The van der Waals surface area contributed by atoms with Gasteiger partial charge in [0.25, 0.3) is 0 Å². The van der Waals surface area contributed by atoms with Crippen LogP contribution in [0.15, 0.2) is 60.7 Å². The Hall–Kier alpha value is -2.40. The van der Waals surface area contributed by atoms with Gasteiger partial charge in [0.2, 0.25) is 0 Å². The minimum Gasteiger partial charge on any atom is -0.399 e. The number of benzene rings is 2. The maximum atomic E-state index is 5.36. The minimum absolute atomic E-state index is 0.822. The number of hydrogen-bond acceptors (Lipinski definition) is 2. The van der Waals surface area contributed by atoms with E-state index in [-0.39, 0.29) is 0 Å². The van der Waals surface area contributed by atoms with E-state index in [2.05, 4.69) is 11.4 Å². The Bertz CT molecular complexity index is 429. The predicted octanol–water partition coefficient (Wildman–Crippen LogP) is 2.96. The first-order valence-corrected chi connectivity index (χ1v) is 4.90. The summed E-state index contributed by atoms with van der Waals surface area (Å²) in [6.07, 6.45) is 5.00. The van der Waals surface area contributed by atoms with Gasteiger partial charge in [-0.2, -0.15) is 0 Å². The van der Waals surface area contributed by atoms with Gasteiger partial charge in [-0.3, -0.25) is 0 Å². The van der Waals surface area contributed by atoms with Crippen molar-refractivity contribution >= 4 is 11.4 Å². The highest BCUT2D eigenvalue weighted by Crippen LogP contribution is 2.02. The number of nitrogens with one attached hydrogen (secondary N) is 1. The van der Waals surface area contributed by atoms with Gasteiger partial charge in [0, 0.05) is 17.4 Å². The molecule has 0 aromatic heterocycles. The SMILES string of the molecule is C#CNc1ccccc1.Nc1ccccc1. The molecule has 2 rings (SSSR count). The summed E-state index contributed by atoms with van der Waals surface area (Å²) in [6, 6.07) is 21.5. The standard InChI is InChI=1S/C8H7N.C6H7N/c1-2-9-8-6-4-3-5-7-8;7-6-4-2-1-3-5-6/h1,3-7,9H;1-5H,7H2. The van der Waals surface area contributed by atoms with Gasteiger partial charge in [-0.05, 0) is 24.3 Å². The van der Waals surface area contributed by atoms with Crippen molar-refractivity contribution in [2.75, 3.05) is 11.1 Å². The molecule has 0 heterocycles. The smallest absolute Gasteiger partial charge is 0.0459 e. The van der Waals surface area contributed by atoms with Crippen LogP contribution in [-0.2, 0) is 0 Å². The fraction of sp³-hybridized carbons (Fsp3) is 0. The summed E-state index contributed by atoms with van der Waals surface area (Å²) in [5.74, 6) is 0. The van der Waals surface area contributed by atoms with Crippen LogP contribution in [-0.4, -0.2) is 0 Å². The van der Waals surface area contributed by atoms with Crippen molar-refractivity contribution < 1.29 is 0 Å². The summed E-state index contributed by atoms with van der Waals surface area (Å²) in [4.78, 5) is 0. The largest absolute Gasteiger partial charge is 0.399 e. The highest BCUT2D eigenvalue weighted by molar-refractivity contribution is 5.46. The van der Waals surface area contributed by atoms with Crippen LogP contribution in [0.25, 0.3) is 0 Å². The number of rotatable bonds is 1. The van der Waals surface area contributed by atoms with E-state index >= 15 is 0 Å². The molecular formula is C14H14N2. The lowest BCUT2D eigenvalue weighted by atomic mass is 10.3. The van der Waals surface area contributed by atoms with E-state index in [9.17, 15) is 0 Å². The molecule has 0 spiro atoms. The van der Waals surface area contributed by atoms with E-state index in [1.54, 1.807) is 0 Å². The van der Waals surface area contributed by atoms with Crippen molar-refractivity contribution in [3.8, 4) is 12.5 Å². The number of anilines is 2. The summed E-state index contributed by atoms with van der Waals surface area (Å²) in [5, 5.41) is 2.74. The van der Waals surface area contributed by atoms with Gasteiger partial charge in [-0.1, -0.05) is 42.8 Å². The molecule has 80 valence electrons. The van der Waals surface area contributed by atoms with E-state index in [0.29, 0.717) is 0 Å². The maximum absolute atomic E-state index is 5.36. The van der Waals surface area contributed by atoms with Gasteiger partial charge >= 0.3 is 0 Å². The Morgan fingerprint density at radius 3 is 1.75 bits per heavy atom. The van der Waals surface area contributed by atoms with Gasteiger partial charge in [0.1, 0.15) is 0 Å². The van der Waals surface area contributed by atoms with Crippen LogP contribution >= 0.6 is 0 Å². The second kappa shape index (κ2) is 6.97. The molecule has 0 fully saturated rings. The van der Waals surface area contributed by atoms with Gasteiger partial charge in [-0.25, -0.2) is 0 Å². The first kappa shape index (κ1) is 11.7. The lowest BCUT2D eigenvalue weighted by molar-refractivity contribution is 1.63. The average molecular weight is 210 g/mol. The number of terminal acetylenes is 1. The highest BCUT2D eigenvalue weighted by atomic mass is 14.8. The van der Waals surface area contributed by atoms with E-state index in [1.165, 1.54) is 0 Å². The number of nitrogen functional groups attached to an aromatic ring is 1. The van der Waals surface area contributed by atoms with Crippen molar-refractivity contribution in [3.05, 3.63) is 60.7 Å². The van der Waals surface area contributed by atoms with Crippen molar-refractivity contribution in [1.29, 1.82) is 0 Å². The van der Waals surface area contributed by atoms with Gasteiger partial charge in [0.15, 0.2) is 0 Å².